The van der Waals surface area contributed by atoms with Crippen LogP contribution in [-0.2, 0) is 10.8 Å². The summed E-state index contributed by atoms with van der Waals surface area (Å²) in [4.78, 5) is 0. The number of rotatable bonds is 9. The number of para-hydroxylation sites is 2. The van der Waals surface area contributed by atoms with Crippen molar-refractivity contribution < 1.29 is 0 Å². The monoisotopic (exact) mass is 1220 g/mol. The van der Waals surface area contributed by atoms with Gasteiger partial charge in [0.05, 0.1) is 33.4 Å². The van der Waals surface area contributed by atoms with Gasteiger partial charge in [-0.25, -0.2) is 0 Å². The predicted octanol–water partition coefficient (Wildman–Crippen LogP) is 25.2. The molecule has 2 fully saturated rings. The zero-order valence-electron chi connectivity index (χ0n) is 53.6. The molecule has 16 aromatic rings. The van der Waals surface area contributed by atoms with E-state index in [9.17, 15) is 0 Å². The molecule has 0 saturated heterocycles. The molecule has 0 N–H and O–H groups in total. The van der Waals surface area contributed by atoms with E-state index in [0.29, 0.717) is 0 Å². The second kappa shape index (κ2) is 21.6. The van der Waals surface area contributed by atoms with Crippen LogP contribution in [0.4, 0.5) is 0 Å². The largest absolute Gasteiger partial charge is 0.309 e. The number of nitrogens with zero attached hydrogens (tertiary/aromatic N) is 2. The molecule has 0 atom stereocenters. The fourth-order valence-corrected chi connectivity index (χ4v) is 18.2. The van der Waals surface area contributed by atoms with Crippen molar-refractivity contribution in [2.24, 2.45) is 0 Å². The summed E-state index contributed by atoms with van der Waals surface area (Å²) in [6.45, 7) is 0. The van der Waals surface area contributed by atoms with Crippen LogP contribution in [0, 0.1) is 0 Å². The van der Waals surface area contributed by atoms with Gasteiger partial charge in [-0.05, 0) is 209 Å². The lowest BCUT2D eigenvalue weighted by atomic mass is 9.75. The van der Waals surface area contributed by atoms with Gasteiger partial charge in [-0.1, -0.05) is 268 Å². The quantitative estimate of drug-likeness (QED) is 0.128. The normalized spacial score (nSPS) is 15.0. The van der Waals surface area contributed by atoms with Crippen molar-refractivity contribution in [2.75, 3.05) is 0 Å². The molecule has 2 nitrogen and oxygen atoms in total. The molecule has 0 bridgehead atoms. The van der Waals surface area contributed by atoms with Gasteiger partial charge in [0.1, 0.15) is 0 Å². The van der Waals surface area contributed by atoms with Crippen molar-refractivity contribution in [3.8, 4) is 67.0 Å². The summed E-state index contributed by atoms with van der Waals surface area (Å²) < 4.78 is 4.87. The molecule has 0 unspecified atom stereocenters. The Morgan fingerprint density at radius 2 is 0.531 bits per heavy atom. The van der Waals surface area contributed by atoms with Gasteiger partial charge in [0.15, 0.2) is 0 Å². The average molecular weight is 1230 g/mol. The molecular weight excluding hydrogens is 1160 g/mol. The minimum Gasteiger partial charge on any atom is -0.309 e. The van der Waals surface area contributed by atoms with E-state index >= 15 is 0 Å². The van der Waals surface area contributed by atoms with Gasteiger partial charge >= 0.3 is 0 Å². The molecule has 2 heteroatoms. The molecule has 2 aromatic heterocycles. The van der Waals surface area contributed by atoms with Crippen molar-refractivity contribution in [1.82, 2.24) is 9.13 Å². The average Bonchev–Trinajstić information content (AvgIpc) is 1.56. The van der Waals surface area contributed by atoms with Crippen LogP contribution in [0.5, 0.6) is 0 Å². The molecule has 14 aromatic carbocycles. The summed E-state index contributed by atoms with van der Waals surface area (Å²) >= 11 is 0. The SMILES string of the molecule is C(=C\c1ccc2c(c1)c1ccccc1n2-c1cccc2ccccc12)/c1ccc(-c2ccc3c(c2)C2(CCCC2)c2cc(-c4ccc5c(c4)C4(CCCC4)c4cc(-c6ccc(/C=C/c7ccc8c(c7)c7ccccc7n8-c7cccc8ccccc78)cc6)ccc4-5)ccc2-3)cc1. The molecule has 20 rings (SSSR count). The van der Waals surface area contributed by atoms with Crippen LogP contribution in [0.3, 0.4) is 0 Å². The van der Waals surface area contributed by atoms with E-state index in [1.165, 1.54) is 228 Å². The smallest absolute Gasteiger partial charge is 0.0541 e. The summed E-state index contributed by atoms with van der Waals surface area (Å²) in [6.07, 6.45) is 18.9. The van der Waals surface area contributed by atoms with Crippen molar-refractivity contribution in [3.05, 3.63) is 336 Å². The second-order valence-corrected chi connectivity index (χ2v) is 27.8. The first-order valence-electron chi connectivity index (χ1n) is 34.7. The van der Waals surface area contributed by atoms with Crippen LogP contribution in [0.25, 0.3) is 156 Å². The van der Waals surface area contributed by atoms with Gasteiger partial charge in [-0.3, -0.25) is 0 Å². The highest BCUT2D eigenvalue weighted by atomic mass is 15.0. The summed E-state index contributed by atoms with van der Waals surface area (Å²) in [5, 5.41) is 10.1. The number of benzene rings is 14. The van der Waals surface area contributed by atoms with Crippen LogP contribution in [-0.4, -0.2) is 9.13 Å². The molecule has 0 amide bonds. The van der Waals surface area contributed by atoms with Crippen molar-refractivity contribution >= 4 is 89.5 Å². The Morgan fingerprint density at radius 1 is 0.229 bits per heavy atom. The molecule has 4 aliphatic rings. The van der Waals surface area contributed by atoms with Crippen LogP contribution >= 0.6 is 0 Å². The molecule has 2 saturated carbocycles. The van der Waals surface area contributed by atoms with E-state index in [0.717, 1.165) is 0 Å². The van der Waals surface area contributed by atoms with E-state index < -0.39 is 0 Å². The molecule has 454 valence electrons. The van der Waals surface area contributed by atoms with Gasteiger partial charge in [-0.2, -0.15) is 0 Å². The molecule has 2 heterocycles. The zero-order valence-corrected chi connectivity index (χ0v) is 53.6. The minimum atomic E-state index is 0.0320. The summed E-state index contributed by atoms with van der Waals surface area (Å²) in [7, 11) is 0. The van der Waals surface area contributed by atoms with Crippen LogP contribution < -0.4 is 0 Å². The van der Waals surface area contributed by atoms with Gasteiger partial charge in [0, 0.05) is 43.1 Å². The molecule has 2 spiro atoms. The number of aromatic nitrogens is 2. The minimum absolute atomic E-state index is 0.0320. The maximum Gasteiger partial charge on any atom is 0.0541 e. The van der Waals surface area contributed by atoms with E-state index in [-0.39, 0.29) is 10.8 Å². The number of hydrogen-bond donors (Lipinski definition) is 0. The maximum atomic E-state index is 2.61. The van der Waals surface area contributed by atoms with E-state index in [1.807, 2.05) is 0 Å². The van der Waals surface area contributed by atoms with Crippen molar-refractivity contribution in [1.29, 1.82) is 0 Å². The van der Waals surface area contributed by atoms with E-state index in [1.54, 1.807) is 0 Å². The van der Waals surface area contributed by atoms with E-state index in [4.69, 9.17) is 0 Å². The van der Waals surface area contributed by atoms with Crippen LogP contribution in [0.2, 0.25) is 0 Å². The van der Waals surface area contributed by atoms with Gasteiger partial charge in [0.25, 0.3) is 0 Å². The maximum absolute atomic E-state index is 2.61. The molecule has 4 aliphatic carbocycles. The molecule has 0 radical (unpaired) electrons. The Labute approximate surface area is 560 Å². The Hall–Kier alpha value is -11.3. The highest BCUT2D eigenvalue weighted by Gasteiger charge is 2.47. The lowest BCUT2D eigenvalue weighted by Gasteiger charge is -2.28. The zero-order chi connectivity index (χ0) is 63.1. The third kappa shape index (κ3) is 8.50. The first-order valence-corrected chi connectivity index (χ1v) is 34.7. The fraction of sp³-hybridized carbons (Fsp3) is 0.106. The highest BCUT2D eigenvalue weighted by molar-refractivity contribution is 6.13. The number of hydrogen-bond acceptors (Lipinski definition) is 0. The molecule has 0 aliphatic heterocycles. The standard InChI is InChI=1S/C94H68N2/c1-3-19-73-67(15-1)17-13-25-87(73)95-89-23-7-5-21-79(89)81-55-63(35-49-91(81)95)29-27-61-31-37-65(38-32-61)69-41-45-75-77-47-43-71(59-85(77)93(83(75)57-69)51-9-10-52-93)72-44-48-78-76-46-42-70(58-84(76)94(86(78)60-72)53-11-12-54-94)66-39-33-62(34-40-66)28-30-64-36-50-92-82(56-64)80-22-6-8-24-90(80)96(92)88-26-14-18-68-16-2-4-20-74(68)88/h1-8,13-50,55-60H,9-12,51-54H2/b29-27+,30-28+. The Balaban J connectivity index is 0.554. The Morgan fingerprint density at radius 3 is 0.927 bits per heavy atom. The van der Waals surface area contributed by atoms with Crippen molar-refractivity contribution in [3.63, 3.8) is 0 Å². The Bertz CT molecular complexity index is 5570. The second-order valence-electron chi connectivity index (χ2n) is 27.8. The predicted molar refractivity (Wildman–Crippen MR) is 407 cm³/mol. The third-order valence-corrected chi connectivity index (χ3v) is 22.8. The Kier molecular flexibility index (Phi) is 12.4. The van der Waals surface area contributed by atoms with Crippen molar-refractivity contribution in [2.45, 2.75) is 62.2 Å². The summed E-state index contributed by atoms with van der Waals surface area (Å²) in [6, 6.07) is 110. The number of fused-ring (bicyclic) bond motifs is 18. The van der Waals surface area contributed by atoms with Gasteiger partial charge < -0.3 is 9.13 Å². The van der Waals surface area contributed by atoms with Gasteiger partial charge in [0.2, 0.25) is 0 Å². The third-order valence-electron chi connectivity index (χ3n) is 22.8. The summed E-state index contributed by atoms with van der Waals surface area (Å²) in [5.41, 5.74) is 31.8. The molecule has 96 heavy (non-hydrogen) atoms. The van der Waals surface area contributed by atoms with Gasteiger partial charge in [-0.15, -0.1) is 0 Å². The first kappa shape index (κ1) is 55.2. The van der Waals surface area contributed by atoms with Crippen LogP contribution in [0.15, 0.2) is 291 Å². The first-order chi connectivity index (χ1) is 47.5. The van der Waals surface area contributed by atoms with E-state index in [2.05, 4.69) is 325 Å². The fourth-order valence-electron chi connectivity index (χ4n) is 18.2. The van der Waals surface area contributed by atoms with Crippen LogP contribution in [0.1, 0.15) is 95.9 Å². The molecular formula is C94H68N2. The highest BCUT2D eigenvalue weighted by Crippen LogP contribution is 2.60. The topological polar surface area (TPSA) is 9.86 Å². The summed E-state index contributed by atoms with van der Waals surface area (Å²) in [5.74, 6) is 0. The lowest BCUT2D eigenvalue weighted by Crippen LogP contribution is -2.21. The lowest BCUT2D eigenvalue weighted by molar-refractivity contribution is 0.549.